The van der Waals surface area contributed by atoms with Crippen molar-refractivity contribution in [3.63, 3.8) is 0 Å². The fourth-order valence-electron chi connectivity index (χ4n) is 1.97. The third-order valence-corrected chi connectivity index (χ3v) is 4.61. The average Bonchev–Trinajstić information content (AvgIpc) is 2.38. The molecule has 1 rings (SSSR count). The molecule has 8 heteroatoms. The van der Waals surface area contributed by atoms with Crippen LogP contribution in [0.1, 0.15) is 26.2 Å². The van der Waals surface area contributed by atoms with Crippen molar-refractivity contribution in [2.75, 3.05) is 32.8 Å². The van der Waals surface area contributed by atoms with Crippen LogP contribution < -0.4 is 4.72 Å². The number of piperidine rings is 1. The van der Waals surface area contributed by atoms with Crippen LogP contribution in [0.5, 0.6) is 0 Å². The number of nitrogens with one attached hydrogen (secondary N) is 1. The first-order valence-electron chi connectivity index (χ1n) is 6.52. The number of carboxylic acids is 1. The lowest BCUT2D eigenvalue weighted by Gasteiger charge is -2.29. The predicted octanol–water partition coefficient (Wildman–Crippen LogP) is 0.0440. The van der Waals surface area contributed by atoms with Gasteiger partial charge in [-0.2, -0.15) is 12.7 Å². The van der Waals surface area contributed by atoms with E-state index in [9.17, 15) is 13.2 Å². The number of hydrogen-bond donors (Lipinski definition) is 2. The maximum atomic E-state index is 12.0. The van der Waals surface area contributed by atoms with Crippen molar-refractivity contribution in [2.24, 2.45) is 5.92 Å². The molecule has 1 heterocycles. The Morgan fingerprint density at radius 2 is 2.26 bits per heavy atom. The molecule has 0 spiro atoms. The molecule has 0 amide bonds. The second-order valence-electron chi connectivity index (χ2n) is 4.49. The van der Waals surface area contributed by atoms with Crippen LogP contribution in [0.25, 0.3) is 0 Å². The fourth-order valence-corrected chi connectivity index (χ4v) is 3.30. The fraction of sp³-hybridized carbons (Fsp3) is 0.909. The zero-order valence-electron chi connectivity index (χ0n) is 11.2. The topological polar surface area (TPSA) is 95.9 Å². The molecule has 0 radical (unpaired) electrons. The van der Waals surface area contributed by atoms with Gasteiger partial charge >= 0.3 is 5.97 Å². The molecule has 1 atom stereocenters. The molecule has 0 aromatic rings. The molecule has 0 aromatic heterocycles. The van der Waals surface area contributed by atoms with Crippen molar-refractivity contribution in [2.45, 2.75) is 26.2 Å². The monoisotopic (exact) mass is 294 g/mol. The van der Waals surface area contributed by atoms with Crippen LogP contribution in [0, 0.1) is 5.92 Å². The quantitative estimate of drug-likeness (QED) is 0.616. The Kier molecular flexibility index (Phi) is 6.70. The van der Waals surface area contributed by atoms with E-state index in [4.69, 9.17) is 9.84 Å². The van der Waals surface area contributed by atoms with Gasteiger partial charge < -0.3 is 9.84 Å². The van der Waals surface area contributed by atoms with Gasteiger partial charge in [0.1, 0.15) is 0 Å². The van der Waals surface area contributed by atoms with Crippen molar-refractivity contribution >= 4 is 16.2 Å². The number of carbonyl (C=O) groups is 1. The van der Waals surface area contributed by atoms with Crippen LogP contribution in [-0.4, -0.2) is 56.6 Å². The molecule has 0 bridgehead atoms. The van der Waals surface area contributed by atoms with E-state index in [0.29, 0.717) is 45.6 Å². The third kappa shape index (κ3) is 5.43. The van der Waals surface area contributed by atoms with Crippen molar-refractivity contribution in [1.82, 2.24) is 9.03 Å². The SMILES string of the molecule is CCOCCCNS(=O)(=O)N1CCCC(C(=O)O)C1. The molecular weight excluding hydrogens is 272 g/mol. The van der Waals surface area contributed by atoms with Gasteiger partial charge in [-0.1, -0.05) is 0 Å². The van der Waals surface area contributed by atoms with E-state index in [1.807, 2.05) is 6.92 Å². The second kappa shape index (κ2) is 7.78. The van der Waals surface area contributed by atoms with Gasteiger partial charge in [0.15, 0.2) is 0 Å². The van der Waals surface area contributed by atoms with Gasteiger partial charge in [0.25, 0.3) is 10.2 Å². The van der Waals surface area contributed by atoms with Crippen LogP contribution in [0.3, 0.4) is 0 Å². The summed E-state index contributed by atoms with van der Waals surface area (Å²) < 4.78 is 32.7. The third-order valence-electron chi connectivity index (χ3n) is 3.03. The van der Waals surface area contributed by atoms with Gasteiger partial charge in [-0.05, 0) is 26.2 Å². The highest BCUT2D eigenvalue weighted by atomic mass is 32.2. The Hall–Kier alpha value is -0.700. The number of nitrogens with zero attached hydrogens (tertiary/aromatic N) is 1. The highest BCUT2D eigenvalue weighted by Gasteiger charge is 2.31. The van der Waals surface area contributed by atoms with E-state index in [-0.39, 0.29) is 6.54 Å². The van der Waals surface area contributed by atoms with E-state index >= 15 is 0 Å². The molecule has 1 aliphatic heterocycles. The maximum Gasteiger partial charge on any atom is 0.307 e. The number of rotatable bonds is 8. The maximum absolute atomic E-state index is 12.0. The molecule has 0 saturated carbocycles. The van der Waals surface area contributed by atoms with Crippen LogP contribution in [-0.2, 0) is 19.7 Å². The highest BCUT2D eigenvalue weighted by Crippen LogP contribution is 2.18. The molecule has 2 N–H and O–H groups in total. The summed E-state index contributed by atoms with van der Waals surface area (Å²) in [6, 6.07) is 0. The van der Waals surface area contributed by atoms with Crippen molar-refractivity contribution in [3.05, 3.63) is 0 Å². The second-order valence-corrected chi connectivity index (χ2v) is 6.24. The van der Waals surface area contributed by atoms with E-state index < -0.39 is 22.1 Å². The predicted molar refractivity (Wildman–Crippen MR) is 70.0 cm³/mol. The zero-order chi connectivity index (χ0) is 14.3. The zero-order valence-corrected chi connectivity index (χ0v) is 12.0. The summed E-state index contributed by atoms with van der Waals surface area (Å²) in [7, 11) is -3.57. The molecule has 7 nitrogen and oxygen atoms in total. The van der Waals surface area contributed by atoms with Crippen LogP contribution >= 0.6 is 0 Å². The lowest BCUT2D eigenvalue weighted by molar-refractivity contribution is -0.142. The van der Waals surface area contributed by atoms with E-state index in [2.05, 4.69) is 4.72 Å². The summed E-state index contributed by atoms with van der Waals surface area (Å²) in [5.74, 6) is -1.54. The summed E-state index contributed by atoms with van der Waals surface area (Å²) in [4.78, 5) is 10.9. The van der Waals surface area contributed by atoms with Gasteiger partial charge in [0.05, 0.1) is 5.92 Å². The van der Waals surface area contributed by atoms with E-state index in [1.54, 1.807) is 0 Å². The van der Waals surface area contributed by atoms with Crippen molar-refractivity contribution < 1.29 is 23.1 Å². The van der Waals surface area contributed by atoms with E-state index in [1.165, 1.54) is 4.31 Å². The molecule has 0 aromatic carbocycles. The normalized spacial score (nSPS) is 21.4. The first-order chi connectivity index (χ1) is 8.97. The molecular formula is C11H22N2O5S. The van der Waals surface area contributed by atoms with Gasteiger partial charge in [-0.15, -0.1) is 0 Å². The van der Waals surface area contributed by atoms with Crippen LogP contribution in [0.4, 0.5) is 0 Å². The van der Waals surface area contributed by atoms with Crippen molar-refractivity contribution in [1.29, 1.82) is 0 Å². The minimum Gasteiger partial charge on any atom is -0.481 e. The average molecular weight is 294 g/mol. The molecule has 1 aliphatic rings. The molecule has 1 unspecified atom stereocenters. The van der Waals surface area contributed by atoms with Crippen LogP contribution in [0.2, 0.25) is 0 Å². The largest absolute Gasteiger partial charge is 0.481 e. The molecule has 112 valence electrons. The number of aliphatic carboxylic acids is 1. The summed E-state index contributed by atoms with van der Waals surface area (Å²) in [6.45, 7) is 3.73. The van der Waals surface area contributed by atoms with Gasteiger partial charge in [-0.25, -0.2) is 4.72 Å². The first kappa shape index (κ1) is 16.4. The molecule has 1 saturated heterocycles. The Bertz CT molecular complexity index is 385. The Morgan fingerprint density at radius 1 is 1.53 bits per heavy atom. The highest BCUT2D eigenvalue weighted by molar-refractivity contribution is 7.87. The minimum absolute atomic E-state index is 0.0517. The van der Waals surface area contributed by atoms with Crippen molar-refractivity contribution in [3.8, 4) is 0 Å². The van der Waals surface area contributed by atoms with E-state index in [0.717, 1.165) is 0 Å². The minimum atomic E-state index is -3.57. The summed E-state index contributed by atoms with van der Waals surface area (Å²) in [5.41, 5.74) is 0. The lowest BCUT2D eigenvalue weighted by Crippen LogP contribution is -2.47. The lowest BCUT2D eigenvalue weighted by atomic mass is 10.0. The van der Waals surface area contributed by atoms with Gasteiger partial charge in [-0.3, -0.25) is 4.79 Å². The standard InChI is InChI=1S/C11H22N2O5S/c1-2-18-8-4-6-12-19(16,17)13-7-3-5-10(9-13)11(14)15/h10,12H,2-9H2,1H3,(H,14,15). The smallest absolute Gasteiger partial charge is 0.307 e. The van der Waals surface area contributed by atoms with Crippen LogP contribution in [0.15, 0.2) is 0 Å². The number of hydrogen-bond acceptors (Lipinski definition) is 4. The number of carboxylic acid groups (broad SMARTS) is 1. The van der Waals surface area contributed by atoms with Gasteiger partial charge in [0.2, 0.25) is 0 Å². The first-order valence-corrected chi connectivity index (χ1v) is 7.96. The summed E-state index contributed by atoms with van der Waals surface area (Å²) in [6.07, 6.45) is 1.71. The van der Waals surface area contributed by atoms with Gasteiger partial charge in [0, 0.05) is 32.8 Å². The Labute approximate surface area is 114 Å². The Balaban J connectivity index is 2.41. The summed E-state index contributed by atoms with van der Waals surface area (Å²) in [5, 5.41) is 8.94. The number of ether oxygens (including phenoxy) is 1. The Morgan fingerprint density at radius 3 is 2.89 bits per heavy atom. The molecule has 0 aliphatic carbocycles. The summed E-state index contributed by atoms with van der Waals surface area (Å²) >= 11 is 0. The molecule has 19 heavy (non-hydrogen) atoms. The molecule has 1 fully saturated rings.